The van der Waals surface area contributed by atoms with Crippen LogP contribution in [0.4, 0.5) is 0 Å². The van der Waals surface area contributed by atoms with Crippen LogP contribution < -0.4 is 10.6 Å². The van der Waals surface area contributed by atoms with Crippen molar-refractivity contribution in [3.63, 3.8) is 0 Å². The topological polar surface area (TPSA) is 53.6 Å². The van der Waals surface area contributed by atoms with Gasteiger partial charge in [0.15, 0.2) is 0 Å². The van der Waals surface area contributed by atoms with Crippen molar-refractivity contribution >= 4 is 5.91 Å². The van der Waals surface area contributed by atoms with E-state index in [0.29, 0.717) is 12.6 Å². The number of nitrogens with one attached hydrogen (secondary N) is 2. The average molecular weight is 299 g/mol. The number of unbranched alkanes of at least 4 members (excludes halogenated alkanes) is 2. The fourth-order valence-electron chi connectivity index (χ4n) is 2.75. The lowest BCUT2D eigenvalue weighted by Crippen LogP contribution is -2.50. The standard InChI is InChI=1S/C16H33N3O2/c1-4-5-6-9-18-16(20)14(2)19(11-12-21-3)13-15-8-7-10-17-15/h14-15,17H,4-13H2,1-3H3,(H,18,20). The first kappa shape index (κ1) is 18.4. The summed E-state index contributed by atoms with van der Waals surface area (Å²) < 4.78 is 5.19. The molecular formula is C16H33N3O2. The molecule has 5 heteroatoms. The van der Waals surface area contributed by atoms with Crippen LogP contribution in [0.5, 0.6) is 0 Å². The van der Waals surface area contributed by atoms with Gasteiger partial charge in [0.25, 0.3) is 0 Å². The highest BCUT2D eigenvalue weighted by Crippen LogP contribution is 2.09. The lowest BCUT2D eigenvalue weighted by molar-refractivity contribution is -0.126. The molecule has 2 atom stereocenters. The Morgan fingerprint density at radius 1 is 1.48 bits per heavy atom. The molecule has 0 bridgehead atoms. The van der Waals surface area contributed by atoms with Crippen LogP contribution in [0.3, 0.4) is 0 Å². The zero-order valence-corrected chi connectivity index (χ0v) is 14.0. The van der Waals surface area contributed by atoms with Crippen molar-refractivity contribution in [2.75, 3.05) is 39.9 Å². The molecule has 0 saturated carbocycles. The van der Waals surface area contributed by atoms with Crippen LogP contribution in [-0.2, 0) is 9.53 Å². The number of ether oxygens (including phenoxy) is 1. The van der Waals surface area contributed by atoms with Gasteiger partial charge in [-0.1, -0.05) is 19.8 Å². The van der Waals surface area contributed by atoms with E-state index in [2.05, 4.69) is 22.5 Å². The van der Waals surface area contributed by atoms with Gasteiger partial charge in [-0.2, -0.15) is 0 Å². The van der Waals surface area contributed by atoms with Gasteiger partial charge in [-0.3, -0.25) is 9.69 Å². The van der Waals surface area contributed by atoms with E-state index in [0.717, 1.165) is 32.6 Å². The SMILES string of the molecule is CCCCCNC(=O)C(C)N(CCOC)CC1CCCN1. The second-order valence-corrected chi connectivity index (χ2v) is 5.96. The monoisotopic (exact) mass is 299 g/mol. The molecule has 0 aromatic heterocycles. The Kier molecular flexibility index (Phi) is 9.63. The first-order chi connectivity index (χ1) is 10.2. The quantitative estimate of drug-likeness (QED) is 0.566. The lowest BCUT2D eigenvalue weighted by Gasteiger charge is -2.30. The molecule has 1 aliphatic heterocycles. The van der Waals surface area contributed by atoms with Crippen molar-refractivity contribution in [2.45, 2.75) is 58.0 Å². The second-order valence-electron chi connectivity index (χ2n) is 5.96. The Morgan fingerprint density at radius 2 is 2.29 bits per heavy atom. The number of hydrogen-bond acceptors (Lipinski definition) is 4. The molecule has 1 fully saturated rings. The van der Waals surface area contributed by atoms with Crippen LogP contribution in [0, 0.1) is 0 Å². The first-order valence-electron chi connectivity index (χ1n) is 8.43. The van der Waals surface area contributed by atoms with E-state index < -0.39 is 0 Å². The molecule has 0 aromatic carbocycles. The molecule has 0 aliphatic carbocycles. The summed E-state index contributed by atoms with van der Waals surface area (Å²) in [6, 6.07) is 0.418. The molecule has 1 rings (SSSR count). The summed E-state index contributed by atoms with van der Waals surface area (Å²) in [6.45, 7) is 8.45. The van der Waals surface area contributed by atoms with Crippen LogP contribution >= 0.6 is 0 Å². The Morgan fingerprint density at radius 3 is 2.90 bits per heavy atom. The Balaban J connectivity index is 2.40. The number of hydrogen-bond donors (Lipinski definition) is 2. The molecule has 5 nitrogen and oxygen atoms in total. The van der Waals surface area contributed by atoms with Gasteiger partial charge in [-0.15, -0.1) is 0 Å². The average Bonchev–Trinajstić information content (AvgIpc) is 3.00. The van der Waals surface area contributed by atoms with Gasteiger partial charge >= 0.3 is 0 Å². The fourth-order valence-corrected chi connectivity index (χ4v) is 2.75. The minimum absolute atomic E-state index is 0.0934. The lowest BCUT2D eigenvalue weighted by atomic mass is 10.1. The van der Waals surface area contributed by atoms with Gasteiger partial charge < -0.3 is 15.4 Å². The number of carbonyl (C=O) groups excluding carboxylic acids is 1. The minimum Gasteiger partial charge on any atom is -0.383 e. The number of amides is 1. The van der Waals surface area contributed by atoms with Crippen LogP contribution in [0.2, 0.25) is 0 Å². The summed E-state index contributed by atoms with van der Waals surface area (Å²) in [5.41, 5.74) is 0. The van der Waals surface area contributed by atoms with Gasteiger partial charge in [0, 0.05) is 32.8 Å². The number of nitrogens with zero attached hydrogens (tertiary/aromatic N) is 1. The van der Waals surface area contributed by atoms with Gasteiger partial charge in [-0.05, 0) is 32.7 Å². The molecule has 1 saturated heterocycles. The maximum absolute atomic E-state index is 12.3. The summed E-state index contributed by atoms with van der Waals surface area (Å²) in [5.74, 6) is 0.139. The highest BCUT2D eigenvalue weighted by molar-refractivity contribution is 5.81. The molecule has 0 radical (unpaired) electrons. The molecule has 1 aliphatic rings. The first-order valence-corrected chi connectivity index (χ1v) is 8.43. The van der Waals surface area contributed by atoms with E-state index in [4.69, 9.17) is 4.74 Å². The predicted octanol–water partition coefficient (Wildman–Crippen LogP) is 1.38. The summed E-state index contributed by atoms with van der Waals surface area (Å²) in [5, 5.41) is 6.56. The van der Waals surface area contributed by atoms with E-state index in [1.54, 1.807) is 7.11 Å². The van der Waals surface area contributed by atoms with Gasteiger partial charge in [0.05, 0.1) is 12.6 Å². The van der Waals surface area contributed by atoms with Gasteiger partial charge in [-0.25, -0.2) is 0 Å². The van der Waals surface area contributed by atoms with Crippen molar-refractivity contribution in [3.05, 3.63) is 0 Å². The van der Waals surface area contributed by atoms with Crippen LogP contribution in [0.15, 0.2) is 0 Å². The van der Waals surface area contributed by atoms with E-state index in [1.807, 2.05) is 6.92 Å². The normalized spacial score (nSPS) is 19.9. The third-order valence-corrected chi connectivity index (χ3v) is 4.21. The molecule has 21 heavy (non-hydrogen) atoms. The summed E-state index contributed by atoms with van der Waals surface area (Å²) >= 11 is 0. The third kappa shape index (κ3) is 7.25. The minimum atomic E-state index is -0.0934. The molecular weight excluding hydrogens is 266 g/mol. The molecule has 2 N–H and O–H groups in total. The zero-order chi connectivity index (χ0) is 15.5. The maximum Gasteiger partial charge on any atom is 0.237 e. The summed E-state index contributed by atoms with van der Waals surface area (Å²) in [4.78, 5) is 14.5. The van der Waals surface area contributed by atoms with Crippen molar-refractivity contribution in [3.8, 4) is 0 Å². The molecule has 1 heterocycles. The molecule has 0 spiro atoms. The van der Waals surface area contributed by atoms with E-state index >= 15 is 0 Å². The number of rotatable bonds is 11. The van der Waals surface area contributed by atoms with Gasteiger partial charge in [0.2, 0.25) is 5.91 Å². The maximum atomic E-state index is 12.3. The Labute approximate surface area is 129 Å². The van der Waals surface area contributed by atoms with Crippen molar-refractivity contribution < 1.29 is 9.53 Å². The Bertz CT molecular complexity index is 281. The van der Waals surface area contributed by atoms with E-state index in [1.165, 1.54) is 25.7 Å². The van der Waals surface area contributed by atoms with Crippen molar-refractivity contribution in [1.29, 1.82) is 0 Å². The molecule has 0 aromatic rings. The van der Waals surface area contributed by atoms with Crippen LogP contribution in [0.1, 0.15) is 46.0 Å². The summed E-state index contributed by atoms with van der Waals surface area (Å²) in [6.07, 6.45) is 5.86. The van der Waals surface area contributed by atoms with Crippen molar-refractivity contribution in [1.82, 2.24) is 15.5 Å². The predicted molar refractivity (Wildman–Crippen MR) is 86.5 cm³/mol. The Hall–Kier alpha value is -0.650. The van der Waals surface area contributed by atoms with E-state index in [-0.39, 0.29) is 11.9 Å². The van der Waals surface area contributed by atoms with Crippen molar-refractivity contribution in [2.24, 2.45) is 0 Å². The number of carbonyl (C=O) groups is 1. The van der Waals surface area contributed by atoms with Crippen LogP contribution in [-0.4, -0.2) is 62.8 Å². The third-order valence-electron chi connectivity index (χ3n) is 4.21. The number of methoxy groups -OCH3 is 1. The highest BCUT2D eigenvalue weighted by Gasteiger charge is 2.25. The summed E-state index contributed by atoms with van der Waals surface area (Å²) in [7, 11) is 1.71. The van der Waals surface area contributed by atoms with Gasteiger partial charge in [0.1, 0.15) is 0 Å². The highest BCUT2D eigenvalue weighted by atomic mass is 16.5. The largest absolute Gasteiger partial charge is 0.383 e. The second kappa shape index (κ2) is 11.0. The smallest absolute Gasteiger partial charge is 0.237 e. The van der Waals surface area contributed by atoms with E-state index in [9.17, 15) is 4.79 Å². The molecule has 1 amide bonds. The zero-order valence-electron chi connectivity index (χ0n) is 14.0. The molecule has 124 valence electrons. The molecule has 2 unspecified atom stereocenters. The fraction of sp³-hybridized carbons (Fsp3) is 0.938. The van der Waals surface area contributed by atoms with Crippen LogP contribution in [0.25, 0.3) is 0 Å².